The normalized spacial score (nSPS) is 10.3. The standard InChI is InChI=1S/C10H16N2OSi.C5H7IN2O.C5H10Si/c1-8-9(6-7-14(3,4)5)10(13-2)12-11-8;1-3-4(6)5(9-2)8-7-3;1-5-6(2,3)4/h1-5H3,(H,11,12);1-2H3,(H,7,8);1H,2-4H3. The maximum atomic E-state index is 5.12. The maximum absolute atomic E-state index is 5.12. The Morgan fingerprint density at radius 3 is 1.62 bits per heavy atom. The highest BCUT2D eigenvalue weighted by Gasteiger charge is 2.11. The summed E-state index contributed by atoms with van der Waals surface area (Å²) in [4.78, 5) is 0. The second-order valence-electron chi connectivity index (χ2n) is 8.30. The minimum atomic E-state index is -1.33. The molecule has 2 rings (SSSR count). The molecule has 0 aliphatic carbocycles. The number of nitrogens with one attached hydrogen (secondary N) is 2. The smallest absolute Gasteiger partial charge is 0.248 e. The molecule has 0 unspecified atom stereocenters. The Bertz CT molecular complexity index is 876. The minimum Gasteiger partial charge on any atom is -0.479 e. The summed E-state index contributed by atoms with van der Waals surface area (Å²) in [5.41, 5.74) is 8.93. The van der Waals surface area contributed by atoms with Gasteiger partial charge in [0.15, 0.2) is 0 Å². The zero-order chi connectivity index (χ0) is 22.8. The maximum Gasteiger partial charge on any atom is 0.248 e. The molecule has 0 fully saturated rings. The highest BCUT2D eigenvalue weighted by Crippen LogP contribution is 2.19. The molecule has 6 nitrogen and oxygen atoms in total. The van der Waals surface area contributed by atoms with E-state index in [0.29, 0.717) is 11.8 Å². The van der Waals surface area contributed by atoms with E-state index in [2.05, 4.69) is 99.3 Å². The summed E-state index contributed by atoms with van der Waals surface area (Å²) >= 11 is 2.18. The second-order valence-corrected chi connectivity index (χ2v) is 18.9. The molecule has 0 aliphatic heterocycles. The van der Waals surface area contributed by atoms with E-state index in [-0.39, 0.29) is 0 Å². The van der Waals surface area contributed by atoms with Crippen LogP contribution in [0.25, 0.3) is 0 Å². The molecule has 9 heteroatoms. The van der Waals surface area contributed by atoms with Crippen molar-refractivity contribution in [2.75, 3.05) is 14.2 Å². The van der Waals surface area contributed by atoms with E-state index >= 15 is 0 Å². The van der Waals surface area contributed by atoms with Gasteiger partial charge < -0.3 is 9.47 Å². The molecule has 2 aromatic heterocycles. The summed E-state index contributed by atoms with van der Waals surface area (Å²) in [5, 5.41) is 13.5. The summed E-state index contributed by atoms with van der Waals surface area (Å²) in [6.45, 7) is 17.0. The fourth-order valence-electron chi connectivity index (χ4n) is 1.48. The van der Waals surface area contributed by atoms with Gasteiger partial charge in [-0.15, -0.1) is 27.7 Å². The summed E-state index contributed by atoms with van der Waals surface area (Å²) in [5.74, 6) is 4.41. The van der Waals surface area contributed by atoms with Gasteiger partial charge in [-0.25, -0.2) is 0 Å². The van der Waals surface area contributed by atoms with Crippen molar-refractivity contribution in [3.8, 4) is 35.2 Å². The third kappa shape index (κ3) is 11.2. The van der Waals surface area contributed by atoms with Gasteiger partial charge in [0.25, 0.3) is 0 Å². The van der Waals surface area contributed by atoms with E-state index in [9.17, 15) is 0 Å². The highest BCUT2D eigenvalue weighted by atomic mass is 127. The molecular weight excluding hydrogens is 511 g/mol. The molecular formula is C20H33IN4O2Si2. The van der Waals surface area contributed by atoms with Crippen LogP contribution in [0.5, 0.6) is 11.8 Å². The molecule has 0 saturated heterocycles. The first-order valence-electron chi connectivity index (χ1n) is 9.10. The minimum absolute atomic E-state index is 0.591. The lowest BCUT2D eigenvalue weighted by Crippen LogP contribution is -2.16. The summed E-state index contributed by atoms with van der Waals surface area (Å²) in [6.07, 6.45) is 5.12. The van der Waals surface area contributed by atoms with Crippen molar-refractivity contribution in [3.63, 3.8) is 0 Å². The third-order valence-electron chi connectivity index (χ3n) is 3.14. The van der Waals surface area contributed by atoms with Crippen LogP contribution in [-0.2, 0) is 0 Å². The van der Waals surface area contributed by atoms with E-state index in [1.54, 1.807) is 14.2 Å². The van der Waals surface area contributed by atoms with Crippen LogP contribution in [0.3, 0.4) is 0 Å². The van der Waals surface area contributed by atoms with Crippen molar-refractivity contribution in [1.29, 1.82) is 0 Å². The zero-order valence-electron chi connectivity index (χ0n) is 19.2. The molecule has 0 aliphatic rings. The molecule has 0 aromatic carbocycles. The molecule has 2 heterocycles. The van der Waals surface area contributed by atoms with Crippen molar-refractivity contribution >= 4 is 38.7 Å². The largest absolute Gasteiger partial charge is 0.479 e. The molecule has 0 spiro atoms. The topological polar surface area (TPSA) is 75.8 Å². The number of H-pyrrole nitrogens is 2. The number of hydrogen-bond donors (Lipinski definition) is 2. The first kappa shape index (κ1) is 27.3. The first-order valence-corrected chi connectivity index (χ1v) is 17.2. The molecule has 2 N–H and O–H groups in total. The molecule has 29 heavy (non-hydrogen) atoms. The molecule has 2 aromatic rings. The highest BCUT2D eigenvalue weighted by molar-refractivity contribution is 14.1. The van der Waals surface area contributed by atoms with Crippen LogP contribution in [0.1, 0.15) is 17.0 Å². The van der Waals surface area contributed by atoms with Gasteiger partial charge in [-0.2, -0.15) is 0 Å². The average Bonchev–Trinajstić information content (AvgIpc) is 3.15. The van der Waals surface area contributed by atoms with Gasteiger partial charge >= 0.3 is 0 Å². The van der Waals surface area contributed by atoms with Crippen LogP contribution in [0.15, 0.2) is 0 Å². The zero-order valence-corrected chi connectivity index (χ0v) is 23.3. The number of nitrogens with zero attached hydrogens (tertiary/aromatic N) is 2. The van der Waals surface area contributed by atoms with Gasteiger partial charge in [-0.1, -0.05) is 45.2 Å². The molecule has 160 valence electrons. The number of hydrogen-bond acceptors (Lipinski definition) is 4. The summed E-state index contributed by atoms with van der Waals surface area (Å²) < 4.78 is 11.1. The first-order chi connectivity index (χ1) is 13.3. The SMILES string of the molecule is C#C[Si](C)(C)C.COc1n[nH]c(C)c1C#C[Si](C)(C)C.COc1n[nH]c(C)c1I. The van der Waals surface area contributed by atoms with Gasteiger partial charge in [0.2, 0.25) is 11.8 Å². The van der Waals surface area contributed by atoms with Crippen LogP contribution in [-0.4, -0.2) is 50.8 Å². The summed E-state index contributed by atoms with van der Waals surface area (Å²) in [6, 6.07) is 0. The van der Waals surface area contributed by atoms with Crippen molar-refractivity contribution in [2.24, 2.45) is 0 Å². The van der Waals surface area contributed by atoms with Gasteiger partial charge in [-0.05, 0) is 36.4 Å². The third-order valence-corrected chi connectivity index (χ3v) is 6.15. The van der Waals surface area contributed by atoms with Crippen molar-refractivity contribution in [1.82, 2.24) is 20.4 Å². The quantitative estimate of drug-likeness (QED) is 0.324. The van der Waals surface area contributed by atoms with Crippen molar-refractivity contribution in [3.05, 3.63) is 20.5 Å². The molecule has 0 atom stereocenters. The van der Waals surface area contributed by atoms with Gasteiger partial charge in [0, 0.05) is 5.69 Å². The molecule has 0 saturated carbocycles. The summed E-state index contributed by atoms with van der Waals surface area (Å²) in [7, 11) is 0.782. The lowest BCUT2D eigenvalue weighted by Gasteiger charge is -2.03. The predicted molar refractivity (Wildman–Crippen MR) is 135 cm³/mol. The van der Waals surface area contributed by atoms with Crippen LogP contribution in [0.4, 0.5) is 0 Å². The number of aromatic amines is 2. The van der Waals surface area contributed by atoms with E-state index in [1.165, 1.54) is 0 Å². The molecule has 0 amide bonds. The number of methoxy groups -OCH3 is 2. The lowest BCUT2D eigenvalue weighted by atomic mass is 10.3. The van der Waals surface area contributed by atoms with Crippen LogP contribution in [0.2, 0.25) is 39.3 Å². The fourth-order valence-corrected chi connectivity index (χ4v) is 2.44. The lowest BCUT2D eigenvalue weighted by molar-refractivity contribution is 0.394. The Morgan fingerprint density at radius 2 is 1.31 bits per heavy atom. The number of rotatable bonds is 2. The molecule has 0 bridgehead atoms. The van der Waals surface area contributed by atoms with E-state index in [0.717, 1.165) is 20.5 Å². The number of terminal acetylenes is 1. The number of aromatic nitrogens is 4. The average molecular weight is 545 g/mol. The van der Waals surface area contributed by atoms with Crippen LogP contribution in [0, 0.1) is 40.8 Å². The Morgan fingerprint density at radius 1 is 0.862 bits per heavy atom. The Labute approximate surface area is 191 Å². The van der Waals surface area contributed by atoms with Gasteiger partial charge in [0.1, 0.15) is 21.7 Å². The van der Waals surface area contributed by atoms with Crippen LogP contribution < -0.4 is 9.47 Å². The monoisotopic (exact) mass is 544 g/mol. The van der Waals surface area contributed by atoms with Gasteiger partial charge in [0.05, 0.1) is 23.5 Å². The van der Waals surface area contributed by atoms with Crippen molar-refractivity contribution in [2.45, 2.75) is 53.1 Å². The van der Waals surface area contributed by atoms with E-state index in [1.807, 2.05) is 13.8 Å². The number of ether oxygens (including phenoxy) is 2. The fraction of sp³-hybridized carbons (Fsp3) is 0.500. The van der Waals surface area contributed by atoms with E-state index < -0.39 is 16.1 Å². The number of halogens is 1. The van der Waals surface area contributed by atoms with Crippen molar-refractivity contribution < 1.29 is 9.47 Å². The Hall–Kier alpha value is -1.70. The predicted octanol–water partition coefficient (Wildman–Crippen LogP) is 4.78. The second kappa shape index (κ2) is 12.1. The number of aryl methyl sites for hydroxylation is 2. The Kier molecular flexibility index (Phi) is 11.4. The Balaban J connectivity index is 0.000000448. The molecule has 0 radical (unpaired) electrons. The van der Waals surface area contributed by atoms with E-state index in [4.69, 9.17) is 15.9 Å². The van der Waals surface area contributed by atoms with Gasteiger partial charge in [-0.3, -0.25) is 10.2 Å². The van der Waals surface area contributed by atoms with Crippen LogP contribution >= 0.6 is 22.6 Å².